The van der Waals surface area contributed by atoms with Crippen molar-refractivity contribution in [3.8, 4) is 0 Å². The topological polar surface area (TPSA) is 104 Å². The van der Waals surface area contributed by atoms with Gasteiger partial charge in [-0.1, -0.05) is 77.5 Å². The number of carbonyl (C=O) groups is 3. The number of halogens is 1. The highest BCUT2D eigenvalue weighted by Gasteiger charge is 2.40. The second kappa shape index (κ2) is 13.4. The standard InChI is InChI=1S/C31H34BrN3O5S/c1-3-22(2)33-30(37)27(20-23-11-5-4-6-12-23)34(21-24-13-9-14-25(32)19-24)29(36)17-10-18-35-31(38)26-15-7-8-16-28(26)41(35,39)40/h4-9,11-16,19,22,27H,3,10,17-18,20-21H2,1-2H3,(H,33,37). The van der Waals surface area contributed by atoms with E-state index in [1.54, 1.807) is 17.0 Å². The fourth-order valence-electron chi connectivity index (χ4n) is 4.80. The van der Waals surface area contributed by atoms with Crippen LogP contribution in [0.5, 0.6) is 0 Å². The first-order chi connectivity index (χ1) is 19.6. The van der Waals surface area contributed by atoms with Crippen molar-refractivity contribution in [3.05, 3.63) is 100 Å². The lowest BCUT2D eigenvalue weighted by atomic mass is 10.0. The van der Waals surface area contributed by atoms with Crippen LogP contribution in [0.3, 0.4) is 0 Å². The van der Waals surface area contributed by atoms with Gasteiger partial charge < -0.3 is 10.2 Å². The van der Waals surface area contributed by atoms with Gasteiger partial charge in [0.15, 0.2) is 0 Å². The summed E-state index contributed by atoms with van der Waals surface area (Å²) < 4.78 is 27.6. The molecule has 2 atom stereocenters. The summed E-state index contributed by atoms with van der Waals surface area (Å²) in [5.41, 5.74) is 1.89. The highest BCUT2D eigenvalue weighted by molar-refractivity contribution is 9.10. The van der Waals surface area contributed by atoms with Crippen LogP contribution in [0.4, 0.5) is 0 Å². The van der Waals surface area contributed by atoms with Gasteiger partial charge in [-0.2, -0.15) is 0 Å². The predicted octanol–water partition coefficient (Wildman–Crippen LogP) is 4.93. The Bertz CT molecular complexity index is 1510. The van der Waals surface area contributed by atoms with Crippen LogP contribution >= 0.6 is 15.9 Å². The van der Waals surface area contributed by atoms with Crippen LogP contribution in [0, 0.1) is 0 Å². The maximum Gasteiger partial charge on any atom is 0.269 e. The number of rotatable bonds is 12. The first-order valence-corrected chi connectivity index (χ1v) is 15.9. The molecule has 0 saturated carbocycles. The average molecular weight is 641 g/mol. The number of nitrogens with zero attached hydrogens (tertiary/aromatic N) is 2. The number of sulfonamides is 1. The monoisotopic (exact) mass is 639 g/mol. The maximum atomic E-state index is 13.8. The zero-order valence-electron chi connectivity index (χ0n) is 23.1. The van der Waals surface area contributed by atoms with Crippen molar-refractivity contribution in [1.29, 1.82) is 0 Å². The van der Waals surface area contributed by atoms with Crippen molar-refractivity contribution in [2.45, 2.75) is 63.1 Å². The average Bonchev–Trinajstić information content (AvgIpc) is 3.15. The Morgan fingerprint density at radius 1 is 0.976 bits per heavy atom. The van der Waals surface area contributed by atoms with Crippen LogP contribution in [-0.4, -0.2) is 54.0 Å². The Kier molecular flexibility index (Phi) is 9.99. The van der Waals surface area contributed by atoms with Gasteiger partial charge in [0.05, 0.1) is 5.56 Å². The minimum absolute atomic E-state index is 0.0164. The van der Waals surface area contributed by atoms with E-state index in [9.17, 15) is 22.8 Å². The Balaban J connectivity index is 1.57. The van der Waals surface area contributed by atoms with Gasteiger partial charge in [-0.3, -0.25) is 14.4 Å². The second-order valence-corrected chi connectivity index (χ2v) is 12.9. The van der Waals surface area contributed by atoms with E-state index in [1.807, 2.05) is 68.4 Å². The lowest BCUT2D eigenvalue weighted by molar-refractivity contribution is -0.141. The minimum atomic E-state index is -3.96. The summed E-state index contributed by atoms with van der Waals surface area (Å²) in [5, 5.41) is 3.04. The zero-order valence-corrected chi connectivity index (χ0v) is 25.5. The third kappa shape index (κ3) is 7.23. The summed E-state index contributed by atoms with van der Waals surface area (Å²) >= 11 is 3.48. The number of benzene rings is 3. The molecule has 1 heterocycles. The molecule has 8 nitrogen and oxygen atoms in total. The molecular formula is C31H34BrN3O5S. The zero-order chi connectivity index (χ0) is 29.6. The Hall–Kier alpha value is -3.50. The van der Waals surface area contributed by atoms with Crippen molar-refractivity contribution < 1.29 is 22.8 Å². The van der Waals surface area contributed by atoms with E-state index in [0.717, 1.165) is 26.3 Å². The molecular weight excluding hydrogens is 606 g/mol. The molecule has 0 fully saturated rings. The van der Waals surface area contributed by atoms with Gasteiger partial charge in [0.2, 0.25) is 11.8 Å². The molecule has 0 bridgehead atoms. The molecule has 4 rings (SSSR count). The molecule has 1 aliphatic heterocycles. The largest absolute Gasteiger partial charge is 0.352 e. The van der Waals surface area contributed by atoms with E-state index in [2.05, 4.69) is 21.2 Å². The van der Waals surface area contributed by atoms with Crippen LogP contribution in [0.1, 0.15) is 54.6 Å². The van der Waals surface area contributed by atoms with E-state index < -0.39 is 22.0 Å². The fourth-order valence-corrected chi connectivity index (χ4v) is 6.85. The number of carbonyl (C=O) groups excluding carboxylic acids is 3. The number of nitrogens with one attached hydrogen (secondary N) is 1. The molecule has 3 aromatic rings. The summed E-state index contributed by atoms with van der Waals surface area (Å²) in [7, 11) is -3.96. The van der Waals surface area contributed by atoms with Gasteiger partial charge in [0.1, 0.15) is 10.9 Å². The second-order valence-electron chi connectivity index (χ2n) is 10.2. The van der Waals surface area contributed by atoms with Gasteiger partial charge in [-0.15, -0.1) is 0 Å². The third-order valence-electron chi connectivity index (χ3n) is 7.18. The van der Waals surface area contributed by atoms with Crippen molar-refractivity contribution in [2.75, 3.05) is 6.54 Å². The van der Waals surface area contributed by atoms with Crippen LogP contribution in [0.15, 0.2) is 88.2 Å². The Morgan fingerprint density at radius 3 is 2.34 bits per heavy atom. The molecule has 0 aliphatic carbocycles. The summed E-state index contributed by atoms with van der Waals surface area (Å²) in [6.45, 7) is 3.96. The molecule has 3 amide bonds. The van der Waals surface area contributed by atoms with Crippen molar-refractivity contribution in [1.82, 2.24) is 14.5 Å². The SMILES string of the molecule is CCC(C)NC(=O)C(Cc1ccccc1)N(Cc1cccc(Br)c1)C(=O)CCCN1C(=O)c2ccccc2S1(=O)=O. The van der Waals surface area contributed by atoms with E-state index >= 15 is 0 Å². The van der Waals surface area contributed by atoms with Gasteiger partial charge in [0, 0.05) is 36.4 Å². The first kappa shape index (κ1) is 30.5. The highest BCUT2D eigenvalue weighted by Crippen LogP contribution is 2.30. The molecule has 0 aromatic heterocycles. The molecule has 216 valence electrons. The smallest absolute Gasteiger partial charge is 0.269 e. The van der Waals surface area contributed by atoms with Crippen molar-refractivity contribution >= 4 is 43.7 Å². The van der Waals surface area contributed by atoms with E-state index in [1.165, 1.54) is 12.1 Å². The van der Waals surface area contributed by atoms with Gasteiger partial charge in [-0.05, 0) is 55.2 Å². The first-order valence-electron chi connectivity index (χ1n) is 13.7. The minimum Gasteiger partial charge on any atom is -0.352 e. The van der Waals surface area contributed by atoms with Gasteiger partial charge in [0.25, 0.3) is 15.9 Å². The molecule has 1 aliphatic rings. The summed E-state index contributed by atoms with van der Waals surface area (Å²) in [6.07, 6.45) is 1.14. The van der Waals surface area contributed by atoms with Crippen LogP contribution < -0.4 is 5.32 Å². The predicted molar refractivity (Wildman–Crippen MR) is 160 cm³/mol. The van der Waals surface area contributed by atoms with E-state index in [4.69, 9.17) is 0 Å². The number of hydrogen-bond donors (Lipinski definition) is 1. The molecule has 0 saturated heterocycles. The normalized spacial score (nSPS) is 15.2. The third-order valence-corrected chi connectivity index (χ3v) is 9.51. The van der Waals surface area contributed by atoms with Crippen molar-refractivity contribution in [2.24, 2.45) is 0 Å². The van der Waals surface area contributed by atoms with Gasteiger partial charge in [-0.25, -0.2) is 12.7 Å². The Morgan fingerprint density at radius 2 is 1.66 bits per heavy atom. The van der Waals surface area contributed by atoms with Crippen LogP contribution in [0.25, 0.3) is 0 Å². The molecule has 0 radical (unpaired) electrons. The summed E-state index contributed by atoms with van der Waals surface area (Å²) in [6, 6.07) is 22.3. The molecule has 0 spiro atoms. The van der Waals surface area contributed by atoms with Crippen molar-refractivity contribution in [3.63, 3.8) is 0 Å². The molecule has 1 N–H and O–H groups in total. The Labute approximate surface area is 249 Å². The van der Waals surface area contributed by atoms with E-state index in [0.29, 0.717) is 6.42 Å². The van der Waals surface area contributed by atoms with Crippen LogP contribution in [-0.2, 0) is 32.6 Å². The quantitative estimate of drug-likeness (QED) is 0.303. The molecule has 41 heavy (non-hydrogen) atoms. The lowest BCUT2D eigenvalue weighted by Gasteiger charge is -2.32. The highest BCUT2D eigenvalue weighted by atomic mass is 79.9. The number of amides is 3. The summed E-state index contributed by atoms with van der Waals surface area (Å²) in [4.78, 5) is 41.8. The lowest BCUT2D eigenvalue weighted by Crippen LogP contribution is -2.52. The molecule has 2 unspecified atom stereocenters. The molecule has 3 aromatic carbocycles. The van der Waals surface area contributed by atoms with Crippen LogP contribution in [0.2, 0.25) is 0 Å². The fraction of sp³-hybridized carbons (Fsp3) is 0.323. The van der Waals surface area contributed by atoms with Gasteiger partial charge >= 0.3 is 0 Å². The number of fused-ring (bicyclic) bond motifs is 1. The number of hydrogen-bond acceptors (Lipinski definition) is 5. The maximum absolute atomic E-state index is 13.8. The van der Waals surface area contributed by atoms with E-state index in [-0.39, 0.29) is 54.2 Å². The summed E-state index contributed by atoms with van der Waals surface area (Å²) in [5.74, 6) is -1.14. The molecule has 10 heteroatoms.